The van der Waals surface area contributed by atoms with Crippen molar-refractivity contribution in [2.24, 2.45) is 0 Å². The van der Waals surface area contributed by atoms with E-state index in [0.29, 0.717) is 47.1 Å². The molecule has 3 aromatic rings. The highest BCUT2D eigenvalue weighted by Crippen LogP contribution is 2.40. The molecule has 2 N–H and O–H groups in total. The number of ether oxygens (including phenoxy) is 1. The van der Waals surface area contributed by atoms with Gasteiger partial charge in [0, 0.05) is 30.2 Å². The van der Waals surface area contributed by atoms with Crippen molar-refractivity contribution in [1.29, 1.82) is 0 Å². The van der Waals surface area contributed by atoms with E-state index >= 15 is 0 Å². The number of nitrogens with two attached hydrogens (primary N) is 1. The van der Waals surface area contributed by atoms with E-state index in [1.165, 1.54) is 0 Å². The van der Waals surface area contributed by atoms with E-state index in [0.717, 1.165) is 29.8 Å². The molecular weight excluding hydrogens is 465 g/mol. The first-order valence-electron chi connectivity index (χ1n) is 10.9. The van der Waals surface area contributed by atoms with Crippen LogP contribution in [0.15, 0.2) is 28.9 Å². The molecule has 5 rings (SSSR count). The molecule has 1 fully saturated rings. The minimum atomic E-state index is -1.00. The van der Waals surface area contributed by atoms with Crippen LogP contribution in [0.4, 0.5) is 11.7 Å². The lowest BCUT2D eigenvalue weighted by atomic mass is 9.87. The lowest BCUT2D eigenvalue weighted by Gasteiger charge is -2.46. The number of amides is 1. The summed E-state index contributed by atoms with van der Waals surface area (Å²) in [6.07, 6.45) is 5.41. The van der Waals surface area contributed by atoms with Crippen LogP contribution in [-0.4, -0.2) is 53.1 Å². The molecule has 4 heterocycles. The molecule has 0 spiro atoms. The minimum Gasteiger partial charge on any atom is -0.421 e. The molecule has 0 saturated carbocycles. The Morgan fingerprint density at radius 3 is 2.91 bits per heavy atom. The number of anilines is 2. The van der Waals surface area contributed by atoms with E-state index < -0.39 is 5.60 Å². The number of fused-ring (bicyclic) bond motifs is 2. The van der Waals surface area contributed by atoms with Gasteiger partial charge in [-0.15, -0.1) is 0 Å². The Morgan fingerprint density at radius 1 is 1.30 bits per heavy atom. The molecule has 10 heteroatoms. The van der Waals surface area contributed by atoms with Gasteiger partial charge in [0.15, 0.2) is 11.2 Å². The minimum absolute atomic E-state index is 0.0453. The molecule has 1 amide bonds. The molecule has 2 aliphatic rings. The van der Waals surface area contributed by atoms with Crippen LogP contribution in [0.3, 0.4) is 0 Å². The maximum Gasteiger partial charge on any atom is 0.293 e. The molecule has 1 aromatic carbocycles. The van der Waals surface area contributed by atoms with Crippen LogP contribution in [-0.2, 0) is 16.0 Å². The Labute approximate surface area is 201 Å². The first-order chi connectivity index (χ1) is 15.8. The Hall–Kier alpha value is -2.55. The third-order valence-electron chi connectivity index (χ3n) is 6.82. The summed E-state index contributed by atoms with van der Waals surface area (Å²) in [4.78, 5) is 26.4. The second-order valence-corrected chi connectivity index (χ2v) is 9.51. The molecule has 174 valence electrons. The number of nitrogen functional groups attached to an aromatic ring is 1. The maximum atomic E-state index is 14.0. The molecule has 0 aliphatic carbocycles. The second kappa shape index (κ2) is 8.34. The summed E-state index contributed by atoms with van der Waals surface area (Å²) >= 11 is 12.7. The number of halogens is 2. The highest BCUT2D eigenvalue weighted by atomic mass is 35.5. The van der Waals surface area contributed by atoms with Crippen LogP contribution in [0.25, 0.3) is 11.1 Å². The largest absolute Gasteiger partial charge is 0.421 e. The van der Waals surface area contributed by atoms with Crippen molar-refractivity contribution in [2.45, 2.75) is 37.8 Å². The fraction of sp³-hybridized carbons (Fsp3) is 0.435. The smallest absolute Gasteiger partial charge is 0.293 e. The van der Waals surface area contributed by atoms with Crippen LogP contribution in [0.5, 0.6) is 0 Å². The van der Waals surface area contributed by atoms with Crippen molar-refractivity contribution >= 4 is 51.9 Å². The molecule has 2 aliphatic heterocycles. The Bertz CT molecular complexity index is 1230. The number of rotatable bonds is 3. The third kappa shape index (κ3) is 3.70. The Kier molecular flexibility index (Phi) is 5.63. The van der Waals surface area contributed by atoms with Gasteiger partial charge >= 0.3 is 0 Å². The first-order valence-corrected chi connectivity index (χ1v) is 11.7. The average molecular weight is 490 g/mol. The van der Waals surface area contributed by atoms with E-state index in [4.69, 9.17) is 38.1 Å². The van der Waals surface area contributed by atoms with Gasteiger partial charge < -0.3 is 24.7 Å². The molecular formula is C23H25Cl2N5O3. The predicted octanol–water partition coefficient (Wildman–Crippen LogP) is 4.24. The van der Waals surface area contributed by atoms with E-state index in [9.17, 15) is 4.79 Å². The van der Waals surface area contributed by atoms with E-state index in [1.807, 2.05) is 17.9 Å². The van der Waals surface area contributed by atoms with Gasteiger partial charge in [0.2, 0.25) is 0 Å². The number of hydrogen-bond donors (Lipinski definition) is 1. The highest BCUT2D eigenvalue weighted by molar-refractivity contribution is 6.35. The summed E-state index contributed by atoms with van der Waals surface area (Å²) in [5.74, 6) is -0.0453. The Morgan fingerprint density at radius 2 is 2.12 bits per heavy atom. The van der Waals surface area contributed by atoms with Crippen molar-refractivity contribution in [3.05, 3.63) is 45.7 Å². The van der Waals surface area contributed by atoms with E-state index in [-0.39, 0.29) is 18.0 Å². The summed E-state index contributed by atoms with van der Waals surface area (Å²) in [5.41, 5.74) is 8.69. The normalized spacial score (nSPS) is 23.1. The maximum absolute atomic E-state index is 14.0. The van der Waals surface area contributed by atoms with Gasteiger partial charge in [0.1, 0.15) is 11.2 Å². The third-order valence-corrected chi connectivity index (χ3v) is 7.35. The van der Waals surface area contributed by atoms with Crippen LogP contribution >= 0.6 is 23.2 Å². The van der Waals surface area contributed by atoms with Crippen LogP contribution in [0.1, 0.15) is 36.9 Å². The van der Waals surface area contributed by atoms with Gasteiger partial charge in [-0.05, 0) is 49.4 Å². The van der Waals surface area contributed by atoms with Crippen LogP contribution in [0.2, 0.25) is 10.0 Å². The summed E-state index contributed by atoms with van der Waals surface area (Å²) < 4.78 is 11.6. The summed E-state index contributed by atoms with van der Waals surface area (Å²) in [6.45, 7) is 3.68. The Balaban J connectivity index is 1.46. The van der Waals surface area contributed by atoms with Crippen LogP contribution in [0, 0.1) is 0 Å². The summed E-state index contributed by atoms with van der Waals surface area (Å²) in [7, 11) is 1.60. The SMILES string of the molecule is COC1(C(=O)N2CCc3cc(Cl)cc(Cl)c3[C@@H]2C)CCCN(c2cncc3nc(N)oc23)C1. The van der Waals surface area contributed by atoms with Crippen molar-refractivity contribution in [2.75, 3.05) is 37.4 Å². The lowest BCUT2D eigenvalue weighted by molar-refractivity contribution is -0.159. The fourth-order valence-corrected chi connectivity index (χ4v) is 5.87. The van der Waals surface area contributed by atoms with Gasteiger partial charge in [-0.1, -0.05) is 23.2 Å². The zero-order chi connectivity index (χ0) is 23.3. The van der Waals surface area contributed by atoms with Gasteiger partial charge in [0.05, 0.1) is 25.0 Å². The number of methoxy groups -OCH3 is 1. The van der Waals surface area contributed by atoms with Crippen molar-refractivity contribution in [3.63, 3.8) is 0 Å². The number of carbonyl (C=O) groups excluding carboxylic acids is 1. The second-order valence-electron chi connectivity index (χ2n) is 8.67. The van der Waals surface area contributed by atoms with Gasteiger partial charge in [-0.25, -0.2) is 0 Å². The fourth-order valence-electron chi connectivity index (χ4n) is 5.18. The quantitative estimate of drug-likeness (QED) is 0.587. The molecule has 0 radical (unpaired) electrons. The standard InChI is InChI=1S/C23H25Cl2N5O3/c1-13-19-14(8-15(24)9-16(19)25)4-7-30(13)21(31)23(32-2)5-3-6-29(12-23)18-11-27-10-17-20(18)33-22(26)28-17/h8-11,13H,3-7,12H2,1-2H3,(H2,26,28)/t13-,23?/m0/s1. The van der Waals surface area contributed by atoms with Crippen LogP contribution < -0.4 is 10.6 Å². The number of aromatic nitrogens is 2. The van der Waals surface area contributed by atoms with Crippen molar-refractivity contribution in [1.82, 2.24) is 14.9 Å². The number of oxazole rings is 1. The molecule has 8 nitrogen and oxygen atoms in total. The van der Waals surface area contributed by atoms with Gasteiger partial charge in [0.25, 0.3) is 11.9 Å². The van der Waals surface area contributed by atoms with E-state index in [1.54, 1.807) is 25.6 Å². The summed E-state index contributed by atoms with van der Waals surface area (Å²) in [5, 5.41) is 1.19. The topological polar surface area (TPSA) is 97.7 Å². The van der Waals surface area contributed by atoms with Crippen molar-refractivity contribution in [3.8, 4) is 0 Å². The lowest BCUT2D eigenvalue weighted by Crippen LogP contribution is -2.60. The van der Waals surface area contributed by atoms with Crippen molar-refractivity contribution < 1.29 is 13.9 Å². The average Bonchev–Trinajstić information content (AvgIpc) is 3.18. The highest BCUT2D eigenvalue weighted by Gasteiger charge is 2.47. The first kappa shape index (κ1) is 22.3. The van der Waals surface area contributed by atoms with Gasteiger partial charge in [-0.2, -0.15) is 4.98 Å². The number of nitrogens with zero attached hydrogens (tertiary/aromatic N) is 4. The number of hydrogen-bond acceptors (Lipinski definition) is 7. The van der Waals surface area contributed by atoms with Gasteiger partial charge in [-0.3, -0.25) is 9.78 Å². The molecule has 2 atom stereocenters. The molecule has 33 heavy (non-hydrogen) atoms. The number of carbonyl (C=O) groups is 1. The number of pyridine rings is 1. The zero-order valence-electron chi connectivity index (χ0n) is 18.5. The number of benzene rings is 1. The monoisotopic (exact) mass is 489 g/mol. The summed E-state index contributed by atoms with van der Waals surface area (Å²) in [6, 6.07) is 3.57. The zero-order valence-corrected chi connectivity index (χ0v) is 20.0. The molecule has 1 saturated heterocycles. The molecule has 0 bridgehead atoms. The molecule has 2 aromatic heterocycles. The van der Waals surface area contributed by atoms with E-state index in [2.05, 4.69) is 14.9 Å². The molecule has 1 unspecified atom stereocenters. The predicted molar refractivity (Wildman–Crippen MR) is 128 cm³/mol. The number of piperidine rings is 1.